The summed E-state index contributed by atoms with van der Waals surface area (Å²) in [4.78, 5) is 23.5. The molecule has 0 atom stereocenters. The average molecular weight is 315 g/mol. The lowest BCUT2D eigenvalue weighted by molar-refractivity contribution is -0.149. The van der Waals surface area contributed by atoms with Gasteiger partial charge in [-0.25, -0.2) is 0 Å². The minimum atomic E-state index is -3.04. The number of halogens is 2. The lowest BCUT2D eigenvalue weighted by Crippen LogP contribution is -2.42. The monoisotopic (exact) mass is 315 g/mol. The van der Waals surface area contributed by atoms with E-state index in [9.17, 15) is 23.5 Å². The van der Waals surface area contributed by atoms with E-state index in [0.29, 0.717) is 12.8 Å². The van der Waals surface area contributed by atoms with E-state index < -0.39 is 23.9 Å². The molecule has 2 N–H and O–H groups in total. The molecule has 0 radical (unpaired) electrons. The Morgan fingerprint density at radius 3 is 2.36 bits per heavy atom. The molecule has 0 fully saturated rings. The standard InChI is InChI=1S/C15H19F2NO4/c1-3-15(4-2,13(20)21)9-18-12(19)10-7-5-6-8-11(10)22-14(16)17/h5-8,14H,3-4,9H2,1-2H3,(H,18,19)(H,20,21). The van der Waals surface area contributed by atoms with Gasteiger partial charge in [0.1, 0.15) is 5.75 Å². The molecule has 5 nitrogen and oxygen atoms in total. The second kappa shape index (κ2) is 7.72. The third-order valence-electron chi connectivity index (χ3n) is 3.74. The molecule has 1 aromatic rings. The van der Waals surface area contributed by atoms with E-state index in [1.54, 1.807) is 13.8 Å². The van der Waals surface area contributed by atoms with Crippen molar-refractivity contribution in [1.29, 1.82) is 0 Å². The van der Waals surface area contributed by atoms with Crippen LogP contribution in [0.25, 0.3) is 0 Å². The molecule has 0 unspecified atom stereocenters. The van der Waals surface area contributed by atoms with Crippen molar-refractivity contribution in [3.8, 4) is 5.75 Å². The highest BCUT2D eigenvalue weighted by atomic mass is 19.3. The lowest BCUT2D eigenvalue weighted by atomic mass is 9.82. The predicted molar refractivity (Wildman–Crippen MR) is 76.1 cm³/mol. The maximum atomic E-state index is 12.3. The number of para-hydroxylation sites is 1. The van der Waals surface area contributed by atoms with E-state index in [-0.39, 0.29) is 17.9 Å². The summed E-state index contributed by atoms with van der Waals surface area (Å²) in [6.07, 6.45) is 0.683. The number of carbonyl (C=O) groups is 2. The van der Waals surface area contributed by atoms with Gasteiger partial charge < -0.3 is 15.2 Å². The van der Waals surface area contributed by atoms with Crippen molar-refractivity contribution in [2.45, 2.75) is 33.3 Å². The Balaban J connectivity index is 2.88. The molecule has 0 aliphatic heterocycles. The van der Waals surface area contributed by atoms with Gasteiger partial charge in [-0.2, -0.15) is 8.78 Å². The van der Waals surface area contributed by atoms with Crippen molar-refractivity contribution in [2.75, 3.05) is 6.54 Å². The van der Waals surface area contributed by atoms with E-state index in [2.05, 4.69) is 10.1 Å². The smallest absolute Gasteiger partial charge is 0.387 e. The molecule has 1 aromatic carbocycles. The molecule has 0 bridgehead atoms. The molecule has 0 saturated heterocycles. The number of rotatable bonds is 8. The van der Waals surface area contributed by atoms with Crippen LogP contribution in [0.1, 0.15) is 37.0 Å². The van der Waals surface area contributed by atoms with Crippen molar-refractivity contribution in [3.63, 3.8) is 0 Å². The number of hydrogen-bond acceptors (Lipinski definition) is 3. The number of hydrogen-bond donors (Lipinski definition) is 2. The first-order chi connectivity index (χ1) is 10.4. The van der Waals surface area contributed by atoms with Gasteiger partial charge in [-0.05, 0) is 25.0 Å². The number of carboxylic acids is 1. The summed E-state index contributed by atoms with van der Waals surface area (Å²) in [7, 11) is 0. The summed E-state index contributed by atoms with van der Waals surface area (Å²) in [5.41, 5.74) is -1.14. The quantitative estimate of drug-likeness (QED) is 0.773. The highest BCUT2D eigenvalue weighted by Gasteiger charge is 2.35. The summed E-state index contributed by atoms with van der Waals surface area (Å²) in [5.74, 6) is -1.90. The van der Waals surface area contributed by atoms with Gasteiger partial charge in [0.05, 0.1) is 11.0 Å². The maximum Gasteiger partial charge on any atom is 0.387 e. The van der Waals surface area contributed by atoms with Gasteiger partial charge in [-0.1, -0.05) is 26.0 Å². The number of amides is 1. The van der Waals surface area contributed by atoms with E-state index in [0.717, 1.165) is 0 Å². The van der Waals surface area contributed by atoms with Gasteiger partial charge in [0.15, 0.2) is 0 Å². The van der Waals surface area contributed by atoms with Gasteiger partial charge in [-0.3, -0.25) is 9.59 Å². The van der Waals surface area contributed by atoms with E-state index >= 15 is 0 Å². The van der Waals surface area contributed by atoms with Crippen molar-refractivity contribution in [1.82, 2.24) is 5.32 Å². The van der Waals surface area contributed by atoms with Crippen molar-refractivity contribution < 1.29 is 28.2 Å². The molecular formula is C15H19F2NO4. The summed E-state index contributed by atoms with van der Waals surface area (Å²) in [5, 5.41) is 11.8. The van der Waals surface area contributed by atoms with Crippen LogP contribution in [0.3, 0.4) is 0 Å². The number of carboxylic acid groups (broad SMARTS) is 1. The number of nitrogens with one attached hydrogen (secondary N) is 1. The van der Waals surface area contributed by atoms with Crippen LogP contribution in [0.15, 0.2) is 24.3 Å². The fourth-order valence-electron chi connectivity index (χ4n) is 2.08. The number of ether oxygens (including phenoxy) is 1. The number of benzene rings is 1. The molecule has 122 valence electrons. The van der Waals surface area contributed by atoms with Crippen LogP contribution in [0.4, 0.5) is 8.78 Å². The normalized spacial score (nSPS) is 11.3. The molecule has 0 spiro atoms. The molecule has 0 aromatic heterocycles. The van der Waals surface area contributed by atoms with Crippen molar-refractivity contribution in [2.24, 2.45) is 5.41 Å². The molecule has 22 heavy (non-hydrogen) atoms. The zero-order valence-electron chi connectivity index (χ0n) is 12.4. The third kappa shape index (κ3) is 4.16. The SMILES string of the molecule is CCC(CC)(CNC(=O)c1ccccc1OC(F)F)C(=O)O. The first-order valence-electron chi connectivity index (χ1n) is 6.91. The van der Waals surface area contributed by atoms with E-state index in [4.69, 9.17) is 0 Å². The zero-order chi connectivity index (χ0) is 16.8. The molecule has 0 aliphatic carbocycles. The van der Waals surface area contributed by atoms with Crippen LogP contribution in [0.2, 0.25) is 0 Å². The van der Waals surface area contributed by atoms with Crippen LogP contribution in [-0.2, 0) is 4.79 Å². The van der Waals surface area contributed by atoms with Crippen LogP contribution in [-0.4, -0.2) is 30.1 Å². The molecule has 1 rings (SSSR count). The summed E-state index contributed by atoms with van der Waals surface area (Å²) < 4.78 is 28.9. The van der Waals surface area contributed by atoms with E-state index in [1.165, 1.54) is 24.3 Å². The average Bonchev–Trinajstić information content (AvgIpc) is 2.48. The van der Waals surface area contributed by atoms with Crippen molar-refractivity contribution >= 4 is 11.9 Å². The molecule has 0 heterocycles. The Kier molecular flexibility index (Phi) is 6.27. The first kappa shape index (κ1) is 17.9. The van der Waals surface area contributed by atoms with Gasteiger partial charge in [-0.15, -0.1) is 0 Å². The van der Waals surface area contributed by atoms with Gasteiger partial charge in [0.2, 0.25) is 0 Å². The minimum absolute atomic E-state index is 0.0608. The van der Waals surface area contributed by atoms with Crippen LogP contribution < -0.4 is 10.1 Å². The first-order valence-corrected chi connectivity index (χ1v) is 6.91. The lowest BCUT2D eigenvalue weighted by Gasteiger charge is -2.27. The summed E-state index contributed by atoms with van der Waals surface area (Å²) in [6.45, 7) is 0.310. The molecule has 7 heteroatoms. The fraction of sp³-hybridized carbons (Fsp3) is 0.467. The number of aliphatic carboxylic acids is 1. The Hall–Kier alpha value is -2.18. The fourth-order valence-corrected chi connectivity index (χ4v) is 2.08. The molecule has 1 amide bonds. The Labute approximate surface area is 127 Å². The second-order valence-corrected chi connectivity index (χ2v) is 4.85. The highest BCUT2D eigenvalue weighted by Crippen LogP contribution is 2.26. The molecule has 0 aliphatic rings. The van der Waals surface area contributed by atoms with Crippen LogP contribution >= 0.6 is 0 Å². The van der Waals surface area contributed by atoms with Gasteiger partial charge in [0.25, 0.3) is 5.91 Å². The number of carbonyl (C=O) groups excluding carboxylic acids is 1. The van der Waals surface area contributed by atoms with Gasteiger partial charge in [0, 0.05) is 6.54 Å². The summed E-state index contributed by atoms with van der Waals surface area (Å²) in [6, 6.07) is 5.57. The Bertz CT molecular complexity index is 530. The largest absolute Gasteiger partial charge is 0.481 e. The molecular weight excluding hydrogens is 296 g/mol. The predicted octanol–water partition coefficient (Wildman–Crippen LogP) is 2.91. The molecule has 0 saturated carbocycles. The van der Waals surface area contributed by atoms with Gasteiger partial charge >= 0.3 is 12.6 Å². The summed E-state index contributed by atoms with van der Waals surface area (Å²) >= 11 is 0. The maximum absolute atomic E-state index is 12.3. The minimum Gasteiger partial charge on any atom is -0.481 e. The topological polar surface area (TPSA) is 75.6 Å². The van der Waals surface area contributed by atoms with Crippen LogP contribution in [0, 0.1) is 5.41 Å². The van der Waals surface area contributed by atoms with E-state index in [1.807, 2.05) is 0 Å². The number of alkyl halides is 2. The third-order valence-corrected chi connectivity index (χ3v) is 3.74. The second-order valence-electron chi connectivity index (χ2n) is 4.85. The highest BCUT2D eigenvalue weighted by molar-refractivity contribution is 5.97. The Morgan fingerprint density at radius 1 is 1.27 bits per heavy atom. The Morgan fingerprint density at radius 2 is 1.86 bits per heavy atom. The van der Waals surface area contributed by atoms with Crippen LogP contribution in [0.5, 0.6) is 5.75 Å². The zero-order valence-corrected chi connectivity index (χ0v) is 12.4. The van der Waals surface area contributed by atoms with Crippen molar-refractivity contribution in [3.05, 3.63) is 29.8 Å².